The summed E-state index contributed by atoms with van der Waals surface area (Å²) in [5, 5.41) is 16.0. The highest BCUT2D eigenvalue weighted by Crippen LogP contribution is 2.49. The molecule has 4 aromatic heterocycles. The second-order valence-electron chi connectivity index (χ2n) is 12.4. The van der Waals surface area contributed by atoms with Crippen LogP contribution in [0.4, 0.5) is 11.5 Å². The predicted molar refractivity (Wildman–Crippen MR) is 154 cm³/mol. The van der Waals surface area contributed by atoms with Gasteiger partial charge in [0.05, 0.1) is 11.9 Å². The molecular weight excluding hydrogens is 516 g/mol. The number of benzene rings is 1. The van der Waals surface area contributed by atoms with Crippen LogP contribution in [-0.4, -0.2) is 72.3 Å². The van der Waals surface area contributed by atoms with Crippen LogP contribution in [0.1, 0.15) is 47.9 Å². The average Bonchev–Trinajstić information content (AvgIpc) is 3.68. The molecule has 6 heterocycles. The van der Waals surface area contributed by atoms with Gasteiger partial charge in [-0.3, -0.25) is 9.20 Å². The number of fused-ring (bicyclic) bond motifs is 2. The van der Waals surface area contributed by atoms with Crippen LogP contribution in [0.2, 0.25) is 0 Å². The smallest absolute Gasteiger partial charge is 0.291 e. The van der Waals surface area contributed by atoms with Crippen LogP contribution in [0.25, 0.3) is 11.3 Å². The van der Waals surface area contributed by atoms with Gasteiger partial charge < -0.3 is 15.1 Å². The zero-order valence-electron chi connectivity index (χ0n) is 23.2. The highest BCUT2D eigenvalue weighted by atomic mass is 16.2. The van der Waals surface area contributed by atoms with Crippen molar-refractivity contribution in [2.45, 2.75) is 44.6 Å². The van der Waals surface area contributed by atoms with Gasteiger partial charge in [0.15, 0.2) is 11.5 Å². The minimum atomic E-state index is -0.210. The van der Waals surface area contributed by atoms with Gasteiger partial charge in [-0.2, -0.15) is 0 Å². The van der Waals surface area contributed by atoms with Crippen molar-refractivity contribution in [3.8, 4) is 0 Å². The highest BCUT2D eigenvalue weighted by Gasteiger charge is 2.53. The molecular formula is C30H32N10O. The van der Waals surface area contributed by atoms with Crippen LogP contribution in [0.5, 0.6) is 0 Å². The zero-order chi connectivity index (χ0) is 27.8. The molecule has 1 spiro atoms. The van der Waals surface area contributed by atoms with E-state index in [-0.39, 0.29) is 28.6 Å². The van der Waals surface area contributed by atoms with Crippen molar-refractivity contribution in [1.82, 2.24) is 39.5 Å². The minimum absolute atomic E-state index is 0.107. The van der Waals surface area contributed by atoms with Crippen molar-refractivity contribution >= 4 is 28.7 Å². The first-order valence-electron chi connectivity index (χ1n) is 14.3. The summed E-state index contributed by atoms with van der Waals surface area (Å²) in [6.07, 6.45) is 10.3. The number of amides is 1. The number of aryl methyl sites for hydroxylation is 1. The van der Waals surface area contributed by atoms with E-state index in [4.69, 9.17) is 0 Å². The number of nitrogens with one attached hydrogen (secondary N) is 1. The Labute approximate surface area is 237 Å². The maximum atomic E-state index is 13.1. The summed E-state index contributed by atoms with van der Waals surface area (Å²) in [6, 6.07) is 13.0. The number of hydrogen-bond donors (Lipinski definition) is 1. The van der Waals surface area contributed by atoms with Gasteiger partial charge in [0.1, 0.15) is 6.33 Å². The quantitative estimate of drug-likeness (QED) is 0.357. The van der Waals surface area contributed by atoms with E-state index in [1.165, 1.54) is 5.56 Å². The number of pyridine rings is 1. The average molecular weight is 549 g/mol. The molecule has 3 aliphatic rings. The maximum absolute atomic E-state index is 13.1. The number of rotatable bonds is 5. The normalized spacial score (nSPS) is 21.9. The Morgan fingerprint density at radius 1 is 1.07 bits per heavy atom. The lowest BCUT2D eigenvalue weighted by Crippen LogP contribution is -2.67. The first-order chi connectivity index (χ1) is 19.9. The number of nitrogens with zero attached hydrogens (tertiary/aromatic N) is 9. The van der Waals surface area contributed by atoms with E-state index >= 15 is 0 Å². The molecule has 208 valence electrons. The van der Waals surface area contributed by atoms with Crippen molar-refractivity contribution in [2.24, 2.45) is 5.41 Å². The Kier molecular flexibility index (Phi) is 5.17. The molecule has 0 bridgehead atoms. The molecule has 2 aliphatic heterocycles. The van der Waals surface area contributed by atoms with E-state index in [9.17, 15) is 4.79 Å². The van der Waals surface area contributed by atoms with Crippen LogP contribution >= 0.6 is 0 Å². The number of anilines is 2. The highest BCUT2D eigenvalue weighted by molar-refractivity contribution is 5.91. The standard InChI is InChI=1S/C30H32N10O/c1-20-12-23(37-10-8-29(2,16-37)21-6-4-3-5-7-21)15-40-25(20)34-24(36-40)28(41)33-22-13-30(14-22)17-39(18-30)26-27-35-32-19-38(27)11-9-31-26/h3-7,9,11-12,15,19,22H,8,10,13-14,16-18H2,1-2H3,(H,33,41)/t29-/m0/s1. The summed E-state index contributed by atoms with van der Waals surface area (Å²) in [5.41, 5.74) is 5.31. The molecule has 0 unspecified atom stereocenters. The van der Waals surface area contributed by atoms with Gasteiger partial charge in [0.2, 0.25) is 11.5 Å². The fourth-order valence-electron chi connectivity index (χ4n) is 7.14. The molecule has 1 N–H and O–H groups in total. The molecule has 1 amide bonds. The number of carbonyl (C=O) groups excluding carboxylic acids is 1. The third-order valence-electron chi connectivity index (χ3n) is 9.36. The van der Waals surface area contributed by atoms with Gasteiger partial charge in [-0.1, -0.05) is 37.3 Å². The van der Waals surface area contributed by atoms with Crippen molar-refractivity contribution in [2.75, 3.05) is 36.0 Å². The van der Waals surface area contributed by atoms with Gasteiger partial charge in [-0.15, -0.1) is 15.3 Å². The lowest BCUT2D eigenvalue weighted by atomic mass is 9.60. The van der Waals surface area contributed by atoms with E-state index in [1.54, 1.807) is 17.0 Å². The van der Waals surface area contributed by atoms with Crippen LogP contribution < -0.4 is 15.1 Å². The van der Waals surface area contributed by atoms with Gasteiger partial charge in [0, 0.05) is 55.4 Å². The Hall–Kier alpha value is -4.54. The topological polar surface area (TPSA) is 109 Å². The molecule has 8 rings (SSSR count). The van der Waals surface area contributed by atoms with Gasteiger partial charge in [-0.25, -0.2) is 14.5 Å². The molecule has 2 saturated heterocycles. The van der Waals surface area contributed by atoms with Gasteiger partial charge in [0.25, 0.3) is 5.91 Å². The van der Waals surface area contributed by atoms with Crippen molar-refractivity contribution in [3.05, 3.63) is 78.3 Å². The SMILES string of the molecule is Cc1cc(N2CC[C@](C)(c3ccccc3)C2)cn2nc(C(=O)NC3CC4(C3)CN(c3nccn5cnnc35)C4)nc12. The molecule has 41 heavy (non-hydrogen) atoms. The fourth-order valence-corrected chi connectivity index (χ4v) is 7.14. The van der Waals surface area contributed by atoms with Gasteiger partial charge in [-0.05, 0) is 43.4 Å². The first kappa shape index (κ1) is 24.3. The van der Waals surface area contributed by atoms with Gasteiger partial charge >= 0.3 is 0 Å². The van der Waals surface area contributed by atoms with E-state index in [2.05, 4.69) is 83.7 Å². The molecule has 5 aromatic rings. The van der Waals surface area contributed by atoms with E-state index in [1.807, 2.05) is 23.7 Å². The Bertz CT molecular complexity index is 1780. The second-order valence-corrected chi connectivity index (χ2v) is 12.4. The lowest BCUT2D eigenvalue weighted by molar-refractivity contribution is 0.0435. The van der Waals surface area contributed by atoms with Crippen molar-refractivity contribution in [3.63, 3.8) is 0 Å². The molecule has 1 saturated carbocycles. The summed E-state index contributed by atoms with van der Waals surface area (Å²) >= 11 is 0. The maximum Gasteiger partial charge on any atom is 0.291 e. The van der Waals surface area contributed by atoms with Crippen molar-refractivity contribution in [1.29, 1.82) is 0 Å². The molecule has 0 radical (unpaired) electrons. The predicted octanol–water partition coefficient (Wildman–Crippen LogP) is 3.04. The van der Waals surface area contributed by atoms with Crippen molar-refractivity contribution < 1.29 is 4.79 Å². The lowest BCUT2D eigenvalue weighted by Gasteiger charge is -2.59. The number of aromatic nitrogens is 7. The Morgan fingerprint density at radius 2 is 1.90 bits per heavy atom. The number of hydrogen-bond acceptors (Lipinski definition) is 8. The van der Waals surface area contributed by atoms with Crippen LogP contribution in [0.15, 0.2) is 61.3 Å². The first-order valence-corrected chi connectivity index (χ1v) is 14.3. The van der Waals surface area contributed by atoms with E-state index in [0.717, 1.165) is 73.8 Å². The minimum Gasteiger partial charge on any atom is -0.369 e. The fraction of sp³-hybridized carbons (Fsp3) is 0.400. The second kappa shape index (κ2) is 8.73. The van der Waals surface area contributed by atoms with Crippen LogP contribution in [-0.2, 0) is 5.41 Å². The summed E-state index contributed by atoms with van der Waals surface area (Å²) < 4.78 is 3.65. The molecule has 1 aliphatic carbocycles. The zero-order valence-corrected chi connectivity index (χ0v) is 23.2. The van der Waals surface area contributed by atoms with E-state index < -0.39 is 0 Å². The molecule has 3 fully saturated rings. The summed E-state index contributed by atoms with van der Waals surface area (Å²) in [7, 11) is 0. The molecule has 11 nitrogen and oxygen atoms in total. The van der Waals surface area contributed by atoms with Crippen LogP contribution in [0, 0.1) is 12.3 Å². The summed E-state index contributed by atoms with van der Waals surface area (Å²) in [5.74, 6) is 0.878. The monoisotopic (exact) mass is 548 g/mol. The summed E-state index contributed by atoms with van der Waals surface area (Å²) in [6.45, 7) is 8.11. The Balaban J connectivity index is 0.919. The van der Waals surface area contributed by atoms with Crippen LogP contribution in [0.3, 0.4) is 0 Å². The third-order valence-corrected chi connectivity index (χ3v) is 9.36. The molecule has 1 atom stereocenters. The largest absolute Gasteiger partial charge is 0.369 e. The number of carbonyl (C=O) groups is 1. The summed E-state index contributed by atoms with van der Waals surface area (Å²) in [4.78, 5) is 26.9. The van der Waals surface area contributed by atoms with E-state index in [0.29, 0.717) is 0 Å². The molecule has 1 aromatic carbocycles. The third kappa shape index (κ3) is 3.93. The Morgan fingerprint density at radius 3 is 2.73 bits per heavy atom. The molecule has 11 heteroatoms.